The SMILES string of the molecule is O=C(Nc1c(Cl)cccc1Cl)c1cccc(C(=O)NC2CCCC2)c1. The van der Waals surface area contributed by atoms with Crippen LogP contribution in [0, 0.1) is 0 Å². The molecule has 2 aromatic carbocycles. The molecule has 4 nitrogen and oxygen atoms in total. The molecule has 0 aromatic heterocycles. The number of rotatable bonds is 4. The zero-order chi connectivity index (χ0) is 17.8. The third-order valence-corrected chi connectivity index (χ3v) is 4.91. The lowest BCUT2D eigenvalue weighted by Gasteiger charge is -2.13. The summed E-state index contributed by atoms with van der Waals surface area (Å²) >= 11 is 12.1. The highest BCUT2D eigenvalue weighted by Gasteiger charge is 2.19. The summed E-state index contributed by atoms with van der Waals surface area (Å²) in [5.41, 5.74) is 1.19. The monoisotopic (exact) mass is 376 g/mol. The van der Waals surface area contributed by atoms with Gasteiger partial charge in [0, 0.05) is 17.2 Å². The first-order valence-electron chi connectivity index (χ1n) is 8.21. The van der Waals surface area contributed by atoms with Crippen LogP contribution in [-0.4, -0.2) is 17.9 Å². The largest absolute Gasteiger partial charge is 0.349 e. The fraction of sp³-hybridized carbons (Fsp3) is 0.263. The van der Waals surface area contributed by atoms with Crippen LogP contribution in [0.4, 0.5) is 5.69 Å². The minimum atomic E-state index is -0.370. The molecule has 0 heterocycles. The molecule has 2 N–H and O–H groups in total. The number of benzene rings is 2. The van der Waals surface area contributed by atoms with Crippen molar-refractivity contribution in [3.63, 3.8) is 0 Å². The molecule has 1 saturated carbocycles. The highest BCUT2D eigenvalue weighted by atomic mass is 35.5. The standard InChI is InChI=1S/C19H18Cl2N2O2/c20-15-9-4-10-16(21)17(15)23-19(25)13-6-3-5-12(11-13)18(24)22-14-7-1-2-8-14/h3-6,9-11,14H,1-2,7-8H2,(H,22,24)(H,23,25). The second kappa shape index (κ2) is 7.89. The molecule has 2 aromatic rings. The van der Waals surface area contributed by atoms with Crippen LogP contribution in [0.25, 0.3) is 0 Å². The van der Waals surface area contributed by atoms with Crippen LogP contribution in [-0.2, 0) is 0 Å². The lowest BCUT2D eigenvalue weighted by molar-refractivity contribution is 0.0938. The van der Waals surface area contributed by atoms with E-state index in [1.165, 1.54) is 0 Å². The van der Waals surface area contributed by atoms with Crippen LogP contribution in [0.15, 0.2) is 42.5 Å². The molecule has 2 amide bonds. The number of hydrogen-bond acceptors (Lipinski definition) is 2. The van der Waals surface area contributed by atoms with E-state index in [0.29, 0.717) is 26.9 Å². The van der Waals surface area contributed by atoms with Crippen molar-refractivity contribution in [1.82, 2.24) is 5.32 Å². The Hall–Kier alpha value is -2.04. The van der Waals surface area contributed by atoms with Crippen molar-refractivity contribution in [2.75, 3.05) is 5.32 Å². The van der Waals surface area contributed by atoms with Gasteiger partial charge < -0.3 is 10.6 Å². The Morgan fingerprint density at radius 2 is 1.44 bits per heavy atom. The molecule has 0 radical (unpaired) electrons. The Labute approximate surface area is 156 Å². The second-order valence-electron chi connectivity index (χ2n) is 6.09. The molecule has 6 heteroatoms. The number of halogens is 2. The van der Waals surface area contributed by atoms with Crippen molar-refractivity contribution >= 4 is 40.7 Å². The number of anilines is 1. The van der Waals surface area contributed by atoms with Gasteiger partial charge in [-0.1, -0.05) is 48.2 Å². The van der Waals surface area contributed by atoms with Crippen molar-refractivity contribution < 1.29 is 9.59 Å². The minimum Gasteiger partial charge on any atom is -0.349 e. The molecule has 1 aliphatic carbocycles. The van der Waals surface area contributed by atoms with Gasteiger partial charge in [-0.15, -0.1) is 0 Å². The van der Waals surface area contributed by atoms with Gasteiger partial charge in [0.1, 0.15) is 0 Å². The first-order valence-corrected chi connectivity index (χ1v) is 8.96. The van der Waals surface area contributed by atoms with Gasteiger partial charge >= 0.3 is 0 Å². The molecule has 0 atom stereocenters. The summed E-state index contributed by atoms with van der Waals surface area (Å²) in [7, 11) is 0. The summed E-state index contributed by atoms with van der Waals surface area (Å²) in [6, 6.07) is 11.8. The molecule has 1 aliphatic rings. The third-order valence-electron chi connectivity index (χ3n) is 4.28. The lowest BCUT2D eigenvalue weighted by atomic mass is 10.1. The molecule has 130 valence electrons. The zero-order valence-electron chi connectivity index (χ0n) is 13.5. The van der Waals surface area contributed by atoms with E-state index in [1.54, 1.807) is 42.5 Å². The summed E-state index contributed by atoms with van der Waals surface area (Å²) in [6.07, 6.45) is 4.31. The Morgan fingerprint density at radius 1 is 0.880 bits per heavy atom. The average molecular weight is 377 g/mol. The van der Waals surface area contributed by atoms with E-state index < -0.39 is 0 Å². The van der Waals surface area contributed by atoms with E-state index in [9.17, 15) is 9.59 Å². The maximum Gasteiger partial charge on any atom is 0.255 e. The van der Waals surface area contributed by atoms with E-state index in [4.69, 9.17) is 23.2 Å². The van der Waals surface area contributed by atoms with Crippen molar-refractivity contribution in [1.29, 1.82) is 0 Å². The van der Waals surface area contributed by atoms with Crippen LogP contribution in [0.2, 0.25) is 10.0 Å². The van der Waals surface area contributed by atoms with Crippen LogP contribution in [0.1, 0.15) is 46.4 Å². The first kappa shape index (κ1) is 17.8. The third kappa shape index (κ3) is 4.33. The second-order valence-corrected chi connectivity index (χ2v) is 6.90. The van der Waals surface area contributed by atoms with Gasteiger partial charge in [-0.3, -0.25) is 9.59 Å². The number of para-hydroxylation sites is 1. The molecule has 0 saturated heterocycles. The van der Waals surface area contributed by atoms with E-state index in [0.717, 1.165) is 25.7 Å². The molecule has 0 unspecified atom stereocenters. The molecule has 0 spiro atoms. The predicted molar refractivity (Wildman–Crippen MR) is 101 cm³/mol. The molecule has 1 fully saturated rings. The topological polar surface area (TPSA) is 58.2 Å². The Kier molecular flexibility index (Phi) is 5.61. The summed E-state index contributed by atoms with van der Waals surface area (Å²) in [4.78, 5) is 24.8. The number of carbonyl (C=O) groups excluding carboxylic acids is 2. The highest BCUT2D eigenvalue weighted by Crippen LogP contribution is 2.30. The number of amides is 2. The van der Waals surface area contributed by atoms with E-state index in [-0.39, 0.29) is 17.9 Å². The smallest absolute Gasteiger partial charge is 0.255 e. The number of hydrogen-bond donors (Lipinski definition) is 2. The van der Waals surface area contributed by atoms with Crippen LogP contribution in [0.5, 0.6) is 0 Å². The Morgan fingerprint density at radius 3 is 2.08 bits per heavy atom. The van der Waals surface area contributed by atoms with Gasteiger partial charge in [0.15, 0.2) is 0 Å². The Bertz CT molecular complexity index is 782. The molecular formula is C19H18Cl2N2O2. The minimum absolute atomic E-state index is 0.155. The zero-order valence-corrected chi connectivity index (χ0v) is 15.0. The van der Waals surface area contributed by atoms with Crippen molar-refractivity contribution in [3.8, 4) is 0 Å². The van der Waals surface area contributed by atoms with Crippen LogP contribution in [0.3, 0.4) is 0 Å². The Balaban J connectivity index is 1.74. The summed E-state index contributed by atoms with van der Waals surface area (Å²) in [5, 5.41) is 6.43. The predicted octanol–water partition coefficient (Wildman–Crippen LogP) is 4.92. The molecule has 25 heavy (non-hydrogen) atoms. The van der Waals surface area contributed by atoms with Crippen molar-refractivity contribution in [3.05, 3.63) is 63.6 Å². The van der Waals surface area contributed by atoms with Crippen molar-refractivity contribution in [2.24, 2.45) is 0 Å². The fourth-order valence-corrected chi connectivity index (χ4v) is 3.44. The van der Waals surface area contributed by atoms with Gasteiger partial charge in [-0.2, -0.15) is 0 Å². The van der Waals surface area contributed by atoms with Gasteiger partial charge in [0.25, 0.3) is 11.8 Å². The first-order chi connectivity index (χ1) is 12.0. The average Bonchev–Trinajstić information content (AvgIpc) is 3.11. The van der Waals surface area contributed by atoms with E-state index in [1.807, 2.05) is 0 Å². The normalized spacial score (nSPS) is 14.3. The van der Waals surface area contributed by atoms with Crippen molar-refractivity contribution in [2.45, 2.75) is 31.7 Å². The molecular weight excluding hydrogens is 359 g/mol. The van der Waals surface area contributed by atoms with Gasteiger partial charge in [0.05, 0.1) is 15.7 Å². The summed E-state index contributed by atoms with van der Waals surface area (Å²) in [6.45, 7) is 0. The summed E-state index contributed by atoms with van der Waals surface area (Å²) < 4.78 is 0. The van der Waals surface area contributed by atoms with E-state index >= 15 is 0 Å². The lowest BCUT2D eigenvalue weighted by Crippen LogP contribution is -2.32. The quantitative estimate of drug-likeness (QED) is 0.795. The maximum absolute atomic E-state index is 12.5. The number of nitrogens with one attached hydrogen (secondary N) is 2. The maximum atomic E-state index is 12.5. The van der Waals surface area contributed by atoms with Gasteiger partial charge in [-0.25, -0.2) is 0 Å². The molecule has 0 aliphatic heterocycles. The molecule has 3 rings (SSSR count). The molecule has 0 bridgehead atoms. The van der Waals surface area contributed by atoms with Gasteiger partial charge in [0.2, 0.25) is 0 Å². The van der Waals surface area contributed by atoms with Gasteiger partial charge in [-0.05, 0) is 43.2 Å². The highest BCUT2D eigenvalue weighted by molar-refractivity contribution is 6.40. The number of carbonyl (C=O) groups is 2. The van der Waals surface area contributed by atoms with Crippen LogP contribution < -0.4 is 10.6 Å². The summed E-state index contributed by atoms with van der Waals surface area (Å²) in [5.74, 6) is -0.525. The fourth-order valence-electron chi connectivity index (χ4n) is 2.94. The van der Waals surface area contributed by atoms with Crippen LogP contribution >= 0.6 is 23.2 Å². The van der Waals surface area contributed by atoms with E-state index in [2.05, 4.69) is 10.6 Å².